The van der Waals surface area contributed by atoms with Crippen molar-refractivity contribution in [3.63, 3.8) is 0 Å². The molecule has 0 unspecified atom stereocenters. The van der Waals surface area contributed by atoms with Gasteiger partial charge in [0.1, 0.15) is 0 Å². The molecule has 20 heavy (non-hydrogen) atoms. The lowest BCUT2D eigenvalue weighted by Crippen LogP contribution is -2.25. The molecule has 0 aliphatic carbocycles. The molecule has 2 rings (SSSR count). The molecular formula is C16H24N4. The van der Waals surface area contributed by atoms with Crippen molar-refractivity contribution in [2.75, 3.05) is 12.3 Å². The zero-order valence-corrected chi connectivity index (χ0v) is 12.6. The van der Waals surface area contributed by atoms with Gasteiger partial charge in [-0.2, -0.15) is 5.10 Å². The fourth-order valence-corrected chi connectivity index (χ4v) is 2.49. The first-order valence-electron chi connectivity index (χ1n) is 7.15. The van der Waals surface area contributed by atoms with Crippen LogP contribution in [0.3, 0.4) is 0 Å². The lowest BCUT2D eigenvalue weighted by molar-refractivity contribution is 0.251. The number of rotatable bonds is 6. The summed E-state index contributed by atoms with van der Waals surface area (Å²) in [6, 6.07) is 10.2. The molecule has 2 N–H and O–H groups in total. The Morgan fingerprint density at radius 3 is 2.60 bits per heavy atom. The van der Waals surface area contributed by atoms with E-state index in [1.54, 1.807) is 0 Å². The van der Waals surface area contributed by atoms with E-state index in [0.29, 0.717) is 0 Å². The molecule has 0 aliphatic rings. The van der Waals surface area contributed by atoms with Gasteiger partial charge in [0, 0.05) is 25.8 Å². The second-order valence-corrected chi connectivity index (χ2v) is 5.31. The normalized spacial score (nSPS) is 11.2. The van der Waals surface area contributed by atoms with Crippen LogP contribution in [0.5, 0.6) is 0 Å². The maximum Gasteiger partial charge on any atom is 0.0597 e. The van der Waals surface area contributed by atoms with Gasteiger partial charge in [-0.3, -0.25) is 9.58 Å². The van der Waals surface area contributed by atoms with Crippen molar-refractivity contribution in [3.8, 4) is 0 Å². The highest BCUT2D eigenvalue weighted by Gasteiger charge is 2.11. The second kappa shape index (κ2) is 6.57. The number of anilines is 1. The summed E-state index contributed by atoms with van der Waals surface area (Å²) < 4.78 is 1.96. The van der Waals surface area contributed by atoms with Gasteiger partial charge in [0.15, 0.2) is 0 Å². The van der Waals surface area contributed by atoms with E-state index in [4.69, 9.17) is 5.73 Å². The Kier molecular flexibility index (Phi) is 4.79. The maximum atomic E-state index is 6.05. The van der Waals surface area contributed by atoms with E-state index in [1.165, 1.54) is 11.3 Å². The van der Waals surface area contributed by atoms with E-state index in [-0.39, 0.29) is 0 Å². The van der Waals surface area contributed by atoms with Gasteiger partial charge < -0.3 is 5.73 Å². The number of aromatic nitrogens is 2. The van der Waals surface area contributed by atoms with Crippen LogP contribution >= 0.6 is 0 Å². The minimum atomic E-state index is 0.870. The summed E-state index contributed by atoms with van der Waals surface area (Å²) in [4.78, 5) is 2.42. The van der Waals surface area contributed by atoms with Gasteiger partial charge in [-0.05, 0) is 37.6 Å². The average Bonchev–Trinajstić information content (AvgIpc) is 2.71. The van der Waals surface area contributed by atoms with Crippen LogP contribution in [0.1, 0.15) is 30.3 Å². The van der Waals surface area contributed by atoms with Gasteiger partial charge in [-0.15, -0.1) is 0 Å². The molecule has 1 aromatic heterocycles. The van der Waals surface area contributed by atoms with E-state index in [0.717, 1.165) is 37.4 Å². The zero-order chi connectivity index (χ0) is 14.5. The molecule has 0 spiro atoms. The van der Waals surface area contributed by atoms with Crippen molar-refractivity contribution in [2.24, 2.45) is 7.05 Å². The van der Waals surface area contributed by atoms with Crippen LogP contribution < -0.4 is 5.73 Å². The van der Waals surface area contributed by atoms with Crippen molar-refractivity contribution in [2.45, 2.75) is 33.4 Å². The van der Waals surface area contributed by atoms with Crippen LogP contribution in [0.2, 0.25) is 0 Å². The number of para-hydroxylation sites is 1. The highest BCUT2D eigenvalue weighted by Crippen LogP contribution is 2.16. The van der Waals surface area contributed by atoms with Crippen molar-refractivity contribution in [3.05, 3.63) is 47.3 Å². The Morgan fingerprint density at radius 2 is 2.00 bits per heavy atom. The summed E-state index contributed by atoms with van der Waals surface area (Å²) in [5, 5.41) is 4.41. The second-order valence-electron chi connectivity index (χ2n) is 5.31. The van der Waals surface area contributed by atoms with Crippen LogP contribution in [-0.4, -0.2) is 21.2 Å². The first-order chi connectivity index (χ1) is 9.60. The number of nitrogens with two attached hydrogens (primary N) is 1. The predicted molar refractivity (Wildman–Crippen MR) is 83.2 cm³/mol. The fraction of sp³-hybridized carbons (Fsp3) is 0.438. The smallest absolute Gasteiger partial charge is 0.0597 e. The quantitative estimate of drug-likeness (QED) is 0.823. The molecule has 0 bridgehead atoms. The van der Waals surface area contributed by atoms with Crippen LogP contribution in [0.25, 0.3) is 0 Å². The molecule has 2 aromatic rings. The summed E-state index contributed by atoms with van der Waals surface area (Å²) in [7, 11) is 2.00. The molecule has 0 aliphatic heterocycles. The molecule has 4 nitrogen and oxygen atoms in total. The Hall–Kier alpha value is -1.81. The monoisotopic (exact) mass is 272 g/mol. The Labute approximate surface area is 121 Å². The molecule has 0 amide bonds. The molecule has 0 radical (unpaired) electrons. The van der Waals surface area contributed by atoms with Crippen molar-refractivity contribution < 1.29 is 0 Å². The van der Waals surface area contributed by atoms with Gasteiger partial charge in [-0.25, -0.2) is 0 Å². The average molecular weight is 272 g/mol. The summed E-state index contributed by atoms with van der Waals surface area (Å²) >= 11 is 0. The zero-order valence-electron chi connectivity index (χ0n) is 12.6. The summed E-state index contributed by atoms with van der Waals surface area (Å²) in [5.74, 6) is 0. The third-order valence-corrected chi connectivity index (χ3v) is 3.47. The third kappa shape index (κ3) is 3.61. The van der Waals surface area contributed by atoms with Crippen LogP contribution in [0, 0.1) is 6.92 Å². The van der Waals surface area contributed by atoms with Crippen LogP contribution in [0.4, 0.5) is 5.69 Å². The SMILES string of the molecule is CCCN(Cc1ccccc1N)Cc1cc(C)nn1C. The van der Waals surface area contributed by atoms with E-state index < -0.39 is 0 Å². The lowest BCUT2D eigenvalue weighted by atomic mass is 10.1. The highest BCUT2D eigenvalue weighted by atomic mass is 15.3. The number of aryl methyl sites for hydroxylation is 2. The standard InChI is InChI=1S/C16H24N4/c1-4-9-20(11-14-7-5-6-8-16(14)17)12-15-10-13(2)18-19(15)3/h5-8,10H,4,9,11-12,17H2,1-3H3. The number of hydrogen-bond acceptors (Lipinski definition) is 3. The van der Waals surface area contributed by atoms with E-state index in [9.17, 15) is 0 Å². The first kappa shape index (κ1) is 14.6. The van der Waals surface area contributed by atoms with E-state index in [2.05, 4.69) is 29.1 Å². The molecule has 4 heteroatoms. The van der Waals surface area contributed by atoms with Gasteiger partial charge in [0.05, 0.1) is 11.4 Å². The molecule has 0 fully saturated rings. The highest BCUT2D eigenvalue weighted by molar-refractivity contribution is 5.46. The fourth-order valence-electron chi connectivity index (χ4n) is 2.49. The van der Waals surface area contributed by atoms with Gasteiger partial charge in [0.2, 0.25) is 0 Å². The minimum Gasteiger partial charge on any atom is -0.398 e. The third-order valence-electron chi connectivity index (χ3n) is 3.47. The Morgan fingerprint density at radius 1 is 1.25 bits per heavy atom. The Balaban J connectivity index is 2.11. The molecule has 0 saturated carbocycles. The number of benzene rings is 1. The summed E-state index contributed by atoms with van der Waals surface area (Å²) in [6.07, 6.45) is 1.13. The molecule has 108 valence electrons. The predicted octanol–water partition coefficient (Wildman–Crippen LogP) is 2.72. The first-order valence-corrected chi connectivity index (χ1v) is 7.15. The van der Waals surface area contributed by atoms with Crippen molar-refractivity contribution in [1.29, 1.82) is 0 Å². The molecule has 0 saturated heterocycles. The van der Waals surface area contributed by atoms with Crippen molar-refractivity contribution in [1.82, 2.24) is 14.7 Å². The van der Waals surface area contributed by atoms with E-state index in [1.807, 2.05) is 36.9 Å². The molecule has 1 aromatic carbocycles. The molecule has 1 heterocycles. The minimum absolute atomic E-state index is 0.870. The maximum absolute atomic E-state index is 6.05. The lowest BCUT2D eigenvalue weighted by Gasteiger charge is -2.22. The number of hydrogen-bond donors (Lipinski definition) is 1. The molecule has 0 atom stereocenters. The number of nitrogen functional groups attached to an aromatic ring is 1. The summed E-state index contributed by atoms with van der Waals surface area (Å²) in [5.41, 5.74) is 10.4. The van der Waals surface area contributed by atoms with Crippen molar-refractivity contribution >= 4 is 5.69 Å². The number of nitrogens with zero attached hydrogens (tertiary/aromatic N) is 3. The van der Waals surface area contributed by atoms with E-state index >= 15 is 0 Å². The largest absolute Gasteiger partial charge is 0.398 e. The van der Waals surface area contributed by atoms with Gasteiger partial charge in [-0.1, -0.05) is 25.1 Å². The topological polar surface area (TPSA) is 47.1 Å². The summed E-state index contributed by atoms with van der Waals surface area (Å²) in [6.45, 7) is 7.07. The van der Waals surface area contributed by atoms with Gasteiger partial charge >= 0.3 is 0 Å². The molecular weight excluding hydrogens is 248 g/mol. The van der Waals surface area contributed by atoms with Gasteiger partial charge in [0.25, 0.3) is 0 Å². The van der Waals surface area contributed by atoms with Crippen LogP contribution in [0.15, 0.2) is 30.3 Å². The van der Waals surface area contributed by atoms with Crippen LogP contribution in [-0.2, 0) is 20.1 Å². The Bertz CT molecular complexity index is 559.